The van der Waals surface area contributed by atoms with Gasteiger partial charge >= 0.3 is 6.03 Å². The highest BCUT2D eigenvalue weighted by Gasteiger charge is 2.21. The number of nitrogens with one attached hydrogen (secondary N) is 1. The molecule has 1 atom stereocenters. The number of amides is 2. The molecule has 1 saturated heterocycles. The maximum atomic E-state index is 12.5. The average Bonchev–Trinajstić information content (AvgIpc) is 2.57. The van der Waals surface area contributed by atoms with Gasteiger partial charge in [0.05, 0.1) is 18.6 Å². The first kappa shape index (κ1) is 17.3. The second kappa shape index (κ2) is 9.16. The summed E-state index contributed by atoms with van der Waals surface area (Å²) in [7, 11) is 0. The van der Waals surface area contributed by atoms with Crippen LogP contribution in [0.5, 0.6) is 0 Å². The van der Waals surface area contributed by atoms with Crippen LogP contribution in [0.1, 0.15) is 38.2 Å². The average molecular weight is 315 g/mol. The first-order valence-electron chi connectivity index (χ1n) is 8.36. The van der Waals surface area contributed by atoms with Gasteiger partial charge in [-0.25, -0.2) is 4.79 Å². The van der Waals surface area contributed by atoms with Crippen LogP contribution >= 0.6 is 0 Å². The summed E-state index contributed by atoms with van der Waals surface area (Å²) in [4.78, 5) is 14.3. The number of urea groups is 1. The van der Waals surface area contributed by atoms with Crippen LogP contribution in [-0.2, 0) is 11.2 Å². The fourth-order valence-corrected chi connectivity index (χ4v) is 2.74. The summed E-state index contributed by atoms with van der Waals surface area (Å²) in [6.45, 7) is 4.23. The van der Waals surface area contributed by atoms with Crippen molar-refractivity contribution in [3.05, 3.63) is 29.8 Å². The van der Waals surface area contributed by atoms with Gasteiger partial charge in [-0.05, 0) is 43.4 Å². The van der Waals surface area contributed by atoms with Crippen LogP contribution in [0.25, 0.3) is 0 Å². The minimum absolute atomic E-state index is 0.0888. The van der Waals surface area contributed by atoms with E-state index in [9.17, 15) is 4.79 Å². The first-order chi connectivity index (χ1) is 11.2. The van der Waals surface area contributed by atoms with Crippen LogP contribution < -0.4 is 5.32 Å². The van der Waals surface area contributed by atoms with Gasteiger partial charge in [-0.2, -0.15) is 5.26 Å². The van der Waals surface area contributed by atoms with E-state index in [1.807, 2.05) is 29.2 Å². The van der Waals surface area contributed by atoms with Gasteiger partial charge in [-0.15, -0.1) is 0 Å². The predicted octanol–water partition coefficient (Wildman–Crippen LogP) is 3.57. The Morgan fingerprint density at radius 2 is 2.17 bits per heavy atom. The molecule has 1 fully saturated rings. The maximum absolute atomic E-state index is 12.5. The minimum Gasteiger partial charge on any atom is -0.376 e. The minimum atomic E-state index is -0.0888. The zero-order chi connectivity index (χ0) is 16.5. The smallest absolute Gasteiger partial charge is 0.321 e. The molecule has 1 N–H and O–H groups in total. The molecule has 0 aliphatic carbocycles. The van der Waals surface area contributed by atoms with Crippen molar-refractivity contribution in [1.82, 2.24) is 4.90 Å². The van der Waals surface area contributed by atoms with Crippen molar-refractivity contribution in [2.75, 3.05) is 25.0 Å². The van der Waals surface area contributed by atoms with Gasteiger partial charge < -0.3 is 15.0 Å². The fraction of sp³-hybridized carbons (Fsp3) is 0.556. The first-order valence-corrected chi connectivity index (χ1v) is 8.36. The summed E-state index contributed by atoms with van der Waals surface area (Å²) in [6.07, 6.45) is 4.77. The van der Waals surface area contributed by atoms with Crippen LogP contribution in [0.15, 0.2) is 24.3 Å². The van der Waals surface area contributed by atoms with Gasteiger partial charge in [0.15, 0.2) is 0 Å². The molecular formula is C18H25N3O2. The molecule has 1 heterocycles. The molecular weight excluding hydrogens is 290 g/mol. The summed E-state index contributed by atoms with van der Waals surface area (Å²) in [6, 6.07) is 9.44. The number of benzene rings is 1. The van der Waals surface area contributed by atoms with Crippen molar-refractivity contribution < 1.29 is 9.53 Å². The monoisotopic (exact) mass is 315 g/mol. The molecule has 0 radical (unpaired) electrons. The molecule has 0 spiro atoms. The van der Waals surface area contributed by atoms with Gasteiger partial charge in [-0.1, -0.05) is 19.1 Å². The van der Waals surface area contributed by atoms with Gasteiger partial charge in [-0.3, -0.25) is 0 Å². The Morgan fingerprint density at radius 1 is 1.39 bits per heavy atom. The van der Waals surface area contributed by atoms with Gasteiger partial charge in [0.2, 0.25) is 0 Å². The summed E-state index contributed by atoms with van der Waals surface area (Å²) >= 11 is 0. The third-order valence-electron chi connectivity index (χ3n) is 3.97. The number of hydrogen-bond donors (Lipinski definition) is 1. The van der Waals surface area contributed by atoms with Crippen molar-refractivity contribution in [3.8, 4) is 6.07 Å². The summed E-state index contributed by atoms with van der Waals surface area (Å²) < 4.78 is 5.75. The molecule has 124 valence electrons. The van der Waals surface area contributed by atoms with E-state index >= 15 is 0 Å². The highest BCUT2D eigenvalue weighted by Crippen LogP contribution is 2.16. The number of anilines is 1. The number of carbonyl (C=O) groups is 1. The Hall–Kier alpha value is -2.06. The Labute approximate surface area is 138 Å². The molecule has 5 heteroatoms. The van der Waals surface area contributed by atoms with Crippen LogP contribution in [0, 0.1) is 11.3 Å². The van der Waals surface area contributed by atoms with E-state index in [-0.39, 0.29) is 12.1 Å². The number of carbonyl (C=O) groups excluding carboxylic acids is 1. The molecule has 0 saturated carbocycles. The zero-order valence-corrected chi connectivity index (χ0v) is 13.8. The molecule has 0 bridgehead atoms. The maximum Gasteiger partial charge on any atom is 0.321 e. The largest absolute Gasteiger partial charge is 0.376 e. The summed E-state index contributed by atoms with van der Waals surface area (Å²) in [5.41, 5.74) is 1.70. The van der Waals surface area contributed by atoms with E-state index in [1.165, 1.54) is 6.42 Å². The topological polar surface area (TPSA) is 65.4 Å². The van der Waals surface area contributed by atoms with Crippen molar-refractivity contribution in [1.29, 1.82) is 5.26 Å². The SMILES string of the molecule is CCCN(CC1CCCCO1)C(=O)Nc1ccc(CC#N)cc1. The number of nitrogens with zero attached hydrogens (tertiary/aromatic N) is 2. The second-order valence-corrected chi connectivity index (χ2v) is 5.90. The molecule has 0 aromatic heterocycles. The van der Waals surface area contributed by atoms with E-state index in [4.69, 9.17) is 10.00 Å². The lowest BCUT2D eigenvalue weighted by atomic mass is 10.1. The predicted molar refractivity (Wildman–Crippen MR) is 90.2 cm³/mol. The molecule has 2 rings (SSSR count). The Morgan fingerprint density at radius 3 is 2.78 bits per heavy atom. The third kappa shape index (κ3) is 5.57. The Kier molecular flexibility index (Phi) is 6.89. The van der Waals surface area contributed by atoms with E-state index in [2.05, 4.69) is 18.3 Å². The number of nitriles is 1. The Balaban J connectivity index is 1.92. The van der Waals surface area contributed by atoms with Gasteiger partial charge in [0, 0.05) is 25.4 Å². The van der Waals surface area contributed by atoms with Crippen LogP contribution in [-0.4, -0.2) is 36.7 Å². The molecule has 1 unspecified atom stereocenters. The molecule has 23 heavy (non-hydrogen) atoms. The Bertz CT molecular complexity index is 530. The zero-order valence-electron chi connectivity index (χ0n) is 13.8. The second-order valence-electron chi connectivity index (χ2n) is 5.90. The van der Waals surface area contributed by atoms with Crippen LogP contribution in [0.4, 0.5) is 10.5 Å². The lowest BCUT2D eigenvalue weighted by molar-refractivity contribution is 0.00162. The van der Waals surface area contributed by atoms with Crippen molar-refractivity contribution in [3.63, 3.8) is 0 Å². The van der Waals surface area contributed by atoms with Crippen molar-refractivity contribution >= 4 is 11.7 Å². The highest BCUT2D eigenvalue weighted by molar-refractivity contribution is 5.89. The summed E-state index contributed by atoms with van der Waals surface area (Å²) in [5.74, 6) is 0. The van der Waals surface area contributed by atoms with Crippen LogP contribution in [0.2, 0.25) is 0 Å². The molecule has 1 aromatic carbocycles. The molecule has 1 aliphatic rings. The third-order valence-corrected chi connectivity index (χ3v) is 3.97. The summed E-state index contributed by atoms with van der Waals surface area (Å²) in [5, 5.41) is 11.6. The molecule has 5 nitrogen and oxygen atoms in total. The fourth-order valence-electron chi connectivity index (χ4n) is 2.74. The number of rotatable bonds is 6. The van der Waals surface area contributed by atoms with E-state index in [0.29, 0.717) is 13.0 Å². The standard InChI is InChI=1S/C18H25N3O2/c1-2-12-21(14-17-5-3-4-13-23-17)18(22)20-16-8-6-15(7-9-16)10-11-19/h6-9,17H,2-5,10,12-14H2,1H3,(H,20,22). The molecule has 1 aromatic rings. The lowest BCUT2D eigenvalue weighted by Crippen LogP contribution is -2.42. The van der Waals surface area contributed by atoms with E-state index in [0.717, 1.165) is 43.7 Å². The van der Waals surface area contributed by atoms with Crippen molar-refractivity contribution in [2.45, 2.75) is 45.1 Å². The van der Waals surface area contributed by atoms with E-state index in [1.54, 1.807) is 0 Å². The van der Waals surface area contributed by atoms with Crippen molar-refractivity contribution in [2.24, 2.45) is 0 Å². The van der Waals surface area contributed by atoms with E-state index < -0.39 is 0 Å². The van der Waals surface area contributed by atoms with Gasteiger partial charge in [0.25, 0.3) is 0 Å². The highest BCUT2D eigenvalue weighted by atomic mass is 16.5. The number of hydrogen-bond acceptors (Lipinski definition) is 3. The quantitative estimate of drug-likeness (QED) is 0.873. The molecule has 1 aliphatic heterocycles. The lowest BCUT2D eigenvalue weighted by Gasteiger charge is -2.30. The molecule has 2 amide bonds. The normalized spacial score (nSPS) is 17.3. The number of ether oxygens (including phenoxy) is 1. The van der Waals surface area contributed by atoms with Crippen LogP contribution in [0.3, 0.4) is 0 Å². The van der Waals surface area contributed by atoms with Gasteiger partial charge in [0.1, 0.15) is 0 Å².